The maximum atomic E-state index is 11.0. The van der Waals surface area contributed by atoms with Crippen LogP contribution in [0.1, 0.15) is 21.9 Å². The second-order valence-electron chi connectivity index (χ2n) is 4.21. The van der Waals surface area contributed by atoms with Gasteiger partial charge in [0.05, 0.1) is 0 Å². The van der Waals surface area contributed by atoms with Crippen LogP contribution in [0.4, 0.5) is 5.82 Å². The van der Waals surface area contributed by atoms with Crippen molar-refractivity contribution in [2.75, 3.05) is 12.4 Å². The van der Waals surface area contributed by atoms with Crippen LogP contribution < -0.4 is 10.1 Å². The molecule has 2 aromatic rings. The number of nitrogens with zero attached hydrogens (tertiary/aromatic N) is 2. The first-order valence-electron chi connectivity index (χ1n) is 6.07. The minimum atomic E-state index is -1.10. The number of rotatable bonds is 5. The fraction of sp³-hybridized carbons (Fsp3) is 0.214. The molecule has 0 unspecified atom stereocenters. The highest BCUT2D eigenvalue weighted by Crippen LogP contribution is 2.14. The number of aromatic carboxylic acids is 1. The van der Waals surface area contributed by atoms with E-state index in [1.54, 1.807) is 7.05 Å². The van der Waals surface area contributed by atoms with Crippen molar-refractivity contribution in [1.82, 2.24) is 9.97 Å². The third kappa shape index (κ3) is 3.44. The zero-order valence-electron chi connectivity index (χ0n) is 11.3. The number of aromatic nitrogens is 2. The van der Waals surface area contributed by atoms with Gasteiger partial charge < -0.3 is 15.2 Å². The number of carboxylic acids is 1. The molecule has 6 heteroatoms. The van der Waals surface area contributed by atoms with E-state index in [0.717, 1.165) is 5.56 Å². The molecule has 0 atom stereocenters. The van der Waals surface area contributed by atoms with Gasteiger partial charge in [0, 0.05) is 13.1 Å². The fourth-order valence-corrected chi connectivity index (χ4v) is 1.65. The normalized spacial score (nSPS) is 10.1. The first kappa shape index (κ1) is 13.8. The van der Waals surface area contributed by atoms with Crippen LogP contribution in [0.3, 0.4) is 0 Å². The van der Waals surface area contributed by atoms with Crippen molar-refractivity contribution >= 4 is 11.8 Å². The van der Waals surface area contributed by atoms with E-state index in [1.807, 2.05) is 31.2 Å². The number of benzene rings is 1. The van der Waals surface area contributed by atoms with Gasteiger partial charge in [0.15, 0.2) is 11.5 Å². The van der Waals surface area contributed by atoms with Crippen molar-refractivity contribution in [3.05, 3.63) is 47.4 Å². The summed E-state index contributed by atoms with van der Waals surface area (Å²) in [5, 5.41) is 11.8. The Bertz CT molecular complexity index is 629. The molecular weight excluding hydrogens is 258 g/mol. The van der Waals surface area contributed by atoms with Gasteiger partial charge in [-0.1, -0.05) is 12.1 Å². The Labute approximate surface area is 116 Å². The largest absolute Gasteiger partial charge is 0.486 e. The fourth-order valence-electron chi connectivity index (χ4n) is 1.65. The lowest BCUT2D eigenvalue weighted by Gasteiger charge is -2.08. The molecule has 1 aromatic carbocycles. The standard InChI is InChI=1S/C14H15N3O3/c1-9-4-3-5-10(6-9)20-8-13-16-11(14(18)19)7-12(15-2)17-13/h3-7H,8H2,1-2H3,(H,18,19)(H,15,16,17). The minimum Gasteiger partial charge on any atom is -0.486 e. The van der Waals surface area contributed by atoms with Crippen LogP contribution in [0, 0.1) is 6.92 Å². The van der Waals surface area contributed by atoms with Gasteiger partial charge in [-0.15, -0.1) is 0 Å². The van der Waals surface area contributed by atoms with Gasteiger partial charge in [0.1, 0.15) is 18.2 Å². The Morgan fingerprint density at radius 3 is 2.80 bits per heavy atom. The van der Waals surface area contributed by atoms with Gasteiger partial charge in [-0.3, -0.25) is 0 Å². The van der Waals surface area contributed by atoms with Crippen molar-refractivity contribution in [3.63, 3.8) is 0 Å². The Morgan fingerprint density at radius 1 is 1.35 bits per heavy atom. The Hall–Kier alpha value is -2.63. The molecule has 0 saturated carbocycles. The van der Waals surface area contributed by atoms with Crippen LogP contribution in [-0.4, -0.2) is 28.1 Å². The molecule has 2 rings (SSSR count). The molecule has 0 fully saturated rings. The number of hydrogen-bond acceptors (Lipinski definition) is 5. The van der Waals surface area contributed by atoms with Gasteiger partial charge in [0.25, 0.3) is 0 Å². The van der Waals surface area contributed by atoms with Gasteiger partial charge in [-0.25, -0.2) is 14.8 Å². The second-order valence-corrected chi connectivity index (χ2v) is 4.21. The third-order valence-electron chi connectivity index (χ3n) is 2.61. The smallest absolute Gasteiger partial charge is 0.354 e. The van der Waals surface area contributed by atoms with Gasteiger partial charge in [0.2, 0.25) is 0 Å². The van der Waals surface area contributed by atoms with Crippen molar-refractivity contribution in [1.29, 1.82) is 0 Å². The van der Waals surface area contributed by atoms with Crippen molar-refractivity contribution < 1.29 is 14.6 Å². The van der Waals surface area contributed by atoms with Gasteiger partial charge in [-0.2, -0.15) is 0 Å². The third-order valence-corrected chi connectivity index (χ3v) is 2.61. The average molecular weight is 273 g/mol. The van der Waals surface area contributed by atoms with E-state index >= 15 is 0 Å². The van der Waals surface area contributed by atoms with Crippen LogP contribution in [0.15, 0.2) is 30.3 Å². The molecule has 0 bridgehead atoms. The highest BCUT2D eigenvalue weighted by molar-refractivity contribution is 5.86. The summed E-state index contributed by atoms with van der Waals surface area (Å²) in [7, 11) is 1.67. The molecule has 1 aromatic heterocycles. The lowest BCUT2D eigenvalue weighted by molar-refractivity contribution is 0.0689. The molecule has 20 heavy (non-hydrogen) atoms. The monoisotopic (exact) mass is 273 g/mol. The quantitative estimate of drug-likeness (QED) is 0.868. The summed E-state index contributed by atoms with van der Waals surface area (Å²) in [5.41, 5.74) is 1.02. The van der Waals surface area contributed by atoms with Crippen LogP contribution in [0.25, 0.3) is 0 Å². The van der Waals surface area contributed by atoms with Crippen molar-refractivity contribution in [2.24, 2.45) is 0 Å². The number of carbonyl (C=O) groups is 1. The summed E-state index contributed by atoms with van der Waals surface area (Å²) in [4.78, 5) is 19.1. The predicted octanol–water partition coefficient (Wildman–Crippen LogP) is 2.10. The second kappa shape index (κ2) is 6.01. The van der Waals surface area contributed by atoms with Crippen molar-refractivity contribution in [3.8, 4) is 5.75 Å². The summed E-state index contributed by atoms with van der Waals surface area (Å²) in [6.07, 6.45) is 0. The predicted molar refractivity (Wildman–Crippen MR) is 74.0 cm³/mol. The molecule has 0 radical (unpaired) electrons. The molecule has 0 spiro atoms. The van der Waals surface area contributed by atoms with Crippen LogP contribution in [-0.2, 0) is 6.61 Å². The van der Waals surface area contributed by atoms with E-state index in [9.17, 15) is 4.79 Å². The summed E-state index contributed by atoms with van der Waals surface area (Å²) < 4.78 is 5.56. The summed E-state index contributed by atoms with van der Waals surface area (Å²) >= 11 is 0. The molecule has 0 saturated heterocycles. The molecular formula is C14H15N3O3. The van der Waals surface area contributed by atoms with Crippen molar-refractivity contribution in [2.45, 2.75) is 13.5 Å². The van der Waals surface area contributed by atoms with Crippen LogP contribution >= 0.6 is 0 Å². The van der Waals surface area contributed by atoms with E-state index in [1.165, 1.54) is 6.07 Å². The molecule has 104 valence electrons. The average Bonchev–Trinajstić information content (AvgIpc) is 2.45. The van der Waals surface area contributed by atoms with Gasteiger partial charge >= 0.3 is 5.97 Å². The van der Waals surface area contributed by atoms with E-state index in [-0.39, 0.29) is 12.3 Å². The first-order valence-corrected chi connectivity index (χ1v) is 6.07. The Balaban J connectivity index is 2.16. The molecule has 6 nitrogen and oxygen atoms in total. The van der Waals surface area contributed by atoms with Gasteiger partial charge in [-0.05, 0) is 24.6 Å². The highest BCUT2D eigenvalue weighted by Gasteiger charge is 2.10. The highest BCUT2D eigenvalue weighted by atomic mass is 16.5. The molecule has 2 N–H and O–H groups in total. The Morgan fingerprint density at radius 2 is 2.15 bits per heavy atom. The van der Waals surface area contributed by atoms with Crippen LogP contribution in [0.5, 0.6) is 5.75 Å². The molecule has 0 amide bonds. The number of hydrogen-bond donors (Lipinski definition) is 2. The zero-order chi connectivity index (χ0) is 14.5. The number of carboxylic acid groups (broad SMARTS) is 1. The molecule has 1 heterocycles. The number of anilines is 1. The maximum absolute atomic E-state index is 11.0. The lowest BCUT2D eigenvalue weighted by Crippen LogP contribution is -2.10. The number of ether oxygens (including phenoxy) is 1. The lowest BCUT2D eigenvalue weighted by atomic mass is 10.2. The minimum absolute atomic E-state index is 0.0628. The van der Waals surface area contributed by atoms with E-state index in [2.05, 4.69) is 15.3 Å². The molecule has 0 aliphatic heterocycles. The molecule has 0 aliphatic carbocycles. The number of aryl methyl sites for hydroxylation is 1. The topological polar surface area (TPSA) is 84.3 Å². The van der Waals surface area contributed by atoms with E-state index < -0.39 is 5.97 Å². The first-order chi connectivity index (χ1) is 9.58. The Kier molecular flexibility index (Phi) is 4.14. The summed E-state index contributed by atoms with van der Waals surface area (Å²) in [6.45, 7) is 2.08. The van der Waals surface area contributed by atoms with E-state index in [0.29, 0.717) is 17.4 Å². The SMILES string of the molecule is CNc1cc(C(=O)O)nc(COc2cccc(C)c2)n1. The molecule has 0 aliphatic rings. The summed E-state index contributed by atoms with van der Waals surface area (Å²) in [6, 6.07) is 8.94. The maximum Gasteiger partial charge on any atom is 0.354 e. The zero-order valence-corrected chi connectivity index (χ0v) is 11.3. The summed E-state index contributed by atoms with van der Waals surface area (Å²) in [5.74, 6) is 0.358. The number of nitrogens with one attached hydrogen (secondary N) is 1. The van der Waals surface area contributed by atoms with E-state index in [4.69, 9.17) is 9.84 Å². The van der Waals surface area contributed by atoms with Crippen LogP contribution in [0.2, 0.25) is 0 Å².